The van der Waals surface area contributed by atoms with E-state index in [2.05, 4.69) is 5.32 Å². The minimum Gasteiger partial charge on any atom is -0.481 e. The Labute approximate surface area is 137 Å². The van der Waals surface area contributed by atoms with Crippen molar-refractivity contribution in [1.29, 1.82) is 0 Å². The van der Waals surface area contributed by atoms with Crippen LogP contribution in [0, 0.1) is 17.8 Å². The van der Waals surface area contributed by atoms with Crippen molar-refractivity contribution in [3.8, 4) is 0 Å². The summed E-state index contributed by atoms with van der Waals surface area (Å²) in [5, 5.41) is 11.4. The number of carbonyl (C=O) groups is 3. The molecule has 134 valence electrons. The predicted octanol–water partition coefficient (Wildman–Crippen LogP) is 2.78. The van der Waals surface area contributed by atoms with Crippen LogP contribution in [0.4, 0.5) is 4.79 Å². The average Bonchev–Trinajstić information content (AvgIpc) is 2.33. The third-order valence-corrected chi connectivity index (χ3v) is 2.96. The van der Waals surface area contributed by atoms with Gasteiger partial charge in [-0.05, 0) is 18.3 Å². The zero-order valence-electron chi connectivity index (χ0n) is 14.8. The van der Waals surface area contributed by atoms with Crippen LogP contribution in [0.1, 0.15) is 54.4 Å². The van der Waals surface area contributed by atoms with Crippen molar-refractivity contribution in [2.75, 3.05) is 6.54 Å². The maximum Gasteiger partial charge on any atom is 0.410 e. The standard InChI is InChI=1S/C16H29NO6/c1-10(2)7-12(8-13(18)19)9-17-15(21)23-16(5,6)22-14(20)11(3)4/h10-12H,7-9H2,1-6H3,(H,17,21)(H,18,19)/t12-/m0/s1. The molecule has 0 aromatic rings. The number of carboxylic acid groups (broad SMARTS) is 1. The number of aliphatic carboxylic acids is 1. The van der Waals surface area contributed by atoms with Crippen LogP contribution in [-0.4, -0.2) is 35.5 Å². The first-order valence-corrected chi connectivity index (χ1v) is 7.84. The fourth-order valence-electron chi connectivity index (χ4n) is 2.02. The van der Waals surface area contributed by atoms with E-state index in [0.29, 0.717) is 12.3 Å². The molecular weight excluding hydrogens is 302 g/mol. The second-order valence-electron chi connectivity index (χ2n) is 6.84. The monoisotopic (exact) mass is 331 g/mol. The molecule has 0 aliphatic heterocycles. The first-order valence-electron chi connectivity index (χ1n) is 7.84. The smallest absolute Gasteiger partial charge is 0.410 e. The van der Waals surface area contributed by atoms with Crippen molar-refractivity contribution in [2.24, 2.45) is 17.8 Å². The van der Waals surface area contributed by atoms with Crippen LogP contribution < -0.4 is 5.32 Å². The molecule has 0 radical (unpaired) electrons. The highest BCUT2D eigenvalue weighted by Gasteiger charge is 2.29. The molecule has 0 spiro atoms. The summed E-state index contributed by atoms with van der Waals surface area (Å²) >= 11 is 0. The summed E-state index contributed by atoms with van der Waals surface area (Å²) in [7, 11) is 0. The van der Waals surface area contributed by atoms with Gasteiger partial charge in [-0.2, -0.15) is 0 Å². The summed E-state index contributed by atoms with van der Waals surface area (Å²) in [6, 6.07) is 0. The molecule has 0 unspecified atom stereocenters. The van der Waals surface area contributed by atoms with E-state index in [4.69, 9.17) is 14.6 Å². The fourth-order valence-corrected chi connectivity index (χ4v) is 2.02. The molecule has 0 aliphatic carbocycles. The van der Waals surface area contributed by atoms with Crippen LogP contribution in [0.25, 0.3) is 0 Å². The van der Waals surface area contributed by atoms with Gasteiger partial charge < -0.3 is 19.9 Å². The third kappa shape index (κ3) is 10.5. The SMILES string of the molecule is CC(C)C[C@H](CNC(=O)OC(C)(C)OC(=O)C(C)C)CC(=O)O. The van der Waals surface area contributed by atoms with Crippen molar-refractivity contribution in [3.63, 3.8) is 0 Å². The minimum absolute atomic E-state index is 0.0236. The molecule has 23 heavy (non-hydrogen) atoms. The maximum atomic E-state index is 11.8. The van der Waals surface area contributed by atoms with Crippen molar-refractivity contribution in [3.05, 3.63) is 0 Å². The summed E-state index contributed by atoms with van der Waals surface area (Å²) in [4.78, 5) is 34.2. The van der Waals surface area contributed by atoms with Gasteiger partial charge in [-0.25, -0.2) is 4.79 Å². The van der Waals surface area contributed by atoms with E-state index in [1.54, 1.807) is 13.8 Å². The quantitative estimate of drug-likeness (QED) is 0.497. The molecule has 7 nitrogen and oxygen atoms in total. The summed E-state index contributed by atoms with van der Waals surface area (Å²) < 4.78 is 10.2. The van der Waals surface area contributed by atoms with Gasteiger partial charge in [-0.1, -0.05) is 27.7 Å². The normalized spacial score (nSPS) is 12.9. The number of carboxylic acids is 1. The van der Waals surface area contributed by atoms with Gasteiger partial charge in [0.05, 0.1) is 5.92 Å². The number of alkyl carbamates (subject to hydrolysis) is 1. The van der Waals surface area contributed by atoms with E-state index in [1.807, 2.05) is 13.8 Å². The first kappa shape index (κ1) is 21.2. The van der Waals surface area contributed by atoms with Gasteiger partial charge in [0.1, 0.15) is 0 Å². The third-order valence-electron chi connectivity index (χ3n) is 2.96. The van der Waals surface area contributed by atoms with Crippen LogP contribution >= 0.6 is 0 Å². The van der Waals surface area contributed by atoms with Crippen LogP contribution in [0.3, 0.4) is 0 Å². The molecule has 1 atom stereocenters. The van der Waals surface area contributed by atoms with Gasteiger partial charge in [0.15, 0.2) is 0 Å². The van der Waals surface area contributed by atoms with E-state index in [0.717, 1.165) is 0 Å². The summed E-state index contributed by atoms with van der Waals surface area (Å²) in [6.07, 6.45) is -0.0895. The molecule has 0 bridgehead atoms. The minimum atomic E-state index is -1.38. The molecule has 0 aromatic heterocycles. The number of ether oxygens (including phenoxy) is 2. The molecule has 0 saturated heterocycles. The molecule has 0 rings (SSSR count). The summed E-state index contributed by atoms with van der Waals surface area (Å²) in [6.45, 7) is 10.5. The Balaban J connectivity index is 4.44. The van der Waals surface area contributed by atoms with E-state index < -0.39 is 23.8 Å². The molecule has 0 aliphatic rings. The van der Waals surface area contributed by atoms with E-state index >= 15 is 0 Å². The molecule has 0 heterocycles. The lowest BCUT2D eigenvalue weighted by Crippen LogP contribution is -2.40. The fraction of sp³-hybridized carbons (Fsp3) is 0.812. The lowest BCUT2D eigenvalue weighted by molar-refractivity contribution is -0.198. The highest BCUT2D eigenvalue weighted by atomic mass is 16.7. The largest absolute Gasteiger partial charge is 0.481 e. The van der Waals surface area contributed by atoms with Gasteiger partial charge in [0, 0.05) is 26.8 Å². The molecular formula is C16H29NO6. The number of esters is 1. The average molecular weight is 331 g/mol. The van der Waals surface area contributed by atoms with Crippen LogP contribution in [0.5, 0.6) is 0 Å². The Kier molecular flexibility index (Phi) is 8.64. The zero-order chi connectivity index (χ0) is 18.2. The highest BCUT2D eigenvalue weighted by molar-refractivity contribution is 5.72. The van der Waals surface area contributed by atoms with Crippen molar-refractivity contribution in [1.82, 2.24) is 5.32 Å². The lowest BCUT2D eigenvalue weighted by Gasteiger charge is -2.26. The van der Waals surface area contributed by atoms with Crippen molar-refractivity contribution in [2.45, 2.75) is 60.2 Å². The number of hydrogen-bond donors (Lipinski definition) is 2. The van der Waals surface area contributed by atoms with Gasteiger partial charge >= 0.3 is 18.0 Å². The Morgan fingerprint density at radius 3 is 2.09 bits per heavy atom. The number of nitrogens with one attached hydrogen (secondary N) is 1. The Bertz CT molecular complexity index is 417. The van der Waals surface area contributed by atoms with Crippen LogP contribution in [-0.2, 0) is 19.1 Å². The molecule has 7 heteroatoms. The Morgan fingerprint density at radius 1 is 1.09 bits per heavy atom. The Hall–Kier alpha value is -1.79. The van der Waals surface area contributed by atoms with E-state index in [-0.39, 0.29) is 24.8 Å². The second-order valence-corrected chi connectivity index (χ2v) is 6.84. The maximum absolute atomic E-state index is 11.8. The van der Waals surface area contributed by atoms with Crippen molar-refractivity contribution >= 4 is 18.0 Å². The number of rotatable bonds is 9. The van der Waals surface area contributed by atoms with Gasteiger partial charge in [-0.3, -0.25) is 9.59 Å². The highest BCUT2D eigenvalue weighted by Crippen LogP contribution is 2.16. The molecule has 1 amide bonds. The lowest BCUT2D eigenvalue weighted by atomic mass is 9.94. The first-order chi connectivity index (χ1) is 10.4. The van der Waals surface area contributed by atoms with E-state index in [9.17, 15) is 14.4 Å². The van der Waals surface area contributed by atoms with Gasteiger partial charge in [0.2, 0.25) is 0 Å². The topological polar surface area (TPSA) is 102 Å². The number of amides is 1. The van der Waals surface area contributed by atoms with Gasteiger partial charge in [-0.15, -0.1) is 0 Å². The predicted molar refractivity (Wildman–Crippen MR) is 84.7 cm³/mol. The van der Waals surface area contributed by atoms with Crippen molar-refractivity contribution < 1.29 is 29.0 Å². The summed E-state index contributed by atoms with van der Waals surface area (Å²) in [5.41, 5.74) is 0. The zero-order valence-corrected chi connectivity index (χ0v) is 14.8. The molecule has 0 saturated carbocycles. The summed E-state index contributed by atoms with van der Waals surface area (Å²) in [5.74, 6) is -2.94. The number of carbonyl (C=O) groups excluding carboxylic acids is 2. The molecule has 2 N–H and O–H groups in total. The van der Waals surface area contributed by atoms with Crippen LogP contribution in [0.2, 0.25) is 0 Å². The molecule has 0 aromatic carbocycles. The second kappa shape index (κ2) is 9.37. The van der Waals surface area contributed by atoms with E-state index in [1.165, 1.54) is 13.8 Å². The molecule has 0 fully saturated rings. The van der Waals surface area contributed by atoms with Crippen LogP contribution in [0.15, 0.2) is 0 Å². The Morgan fingerprint density at radius 2 is 1.65 bits per heavy atom. The van der Waals surface area contributed by atoms with Gasteiger partial charge in [0.25, 0.3) is 5.79 Å². The number of hydrogen-bond acceptors (Lipinski definition) is 5.